The zero-order chi connectivity index (χ0) is 12.8. The van der Waals surface area contributed by atoms with Crippen molar-refractivity contribution in [1.29, 1.82) is 0 Å². The lowest BCUT2D eigenvalue weighted by molar-refractivity contribution is 0.405. The average molecular weight is 261 g/mol. The van der Waals surface area contributed by atoms with Gasteiger partial charge in [-0.25, -0.2) is 0 Å². The molecule has 0 unspecified atom stereocenters. The van der Waals surface area contributed by atoms with Gasteiger partial charge in [0, 0.05) is 16.8 Å². The highest BCUT2D eigenvalue weighted by atomic mass is 32.2. The monoisotopic (exact) mass is 261 g/mol. The number of pyridine rings is 1. The minimum atomic E-state index is 0.774. The summed E-state index contributed by atoms with van der Waals surface area (Å²) in [5.74, 6) is 7.03. The van der Waals surface area contributed by atoms with Crippen LogP contribution >= 0.6 is 11.8 Å². The number of hydrogen-bond donors (Lipinski definition) is 2. The molecular weight excluding hydrogens is 246 g/mol. The van der Waals surface area contributed by atoms with E-state index in [9.17, 15) is 0 Å². The molecule has 4 nitrogen and oxygen atoms in total. The Morgan fingerprint density at radius 1 is 1.33 bits per heavy atom. The summed E-state index contributed by atoms with van der Waals surface area (Å²) in [6.07, 6.45) is 1.74. The number of aromatic nitrogens is 1. The fourth-order valence-corrected chi connectivity index (χ4v) is 2.47. The predicted molar refractivity (Wildman–Crippen MR) is 74.6 cm³/mol. The van der Waals surface area contributed by atoms with Gasteiger partial charge in [-0.2, -0.15) is 0 Å². The van der Waals surface area contributed by atoms with Crippen LogP contribution in [0.3, 0.4) is 0 Å². The van der Waals surface area contributed by atoms with Crippen LogP contribution in [0.2, 0.25) is 0 Å². The number of para-hydroxylation sites is 1. The molecule has 0 fully saturated rings. The molecule has 0 radical (unpaired) electrons. The summed E-state index contributed by atoms with van der Waals surface area (Å²) in [5, 5.41) is 0. The number of nitrogens with zero attached hydrogens (tertiary/aromatic N) is 1. The summed E-state index contributed by atoms with van der Waals surface area (Å²) in [6.45, 7) is 0. The number of anilines is 1. The minimum Gasteiger partial charge on any atom is -0.496 e. The number of nitrogens with one attached hydrogen (secondary N) is 1. The van der Waals surface area contributed by atoms with Crippen molar-refractivity contribution < 1.29 is 4.74 Å². The third kappa shape index (κ3) is 3.15. The number of rotatable bonds is 5. The van der Waals surface area contributed by atoms with E-state index in [0.717, 1.165) is 27.8 Å². The number of nitrogen functional groups attached to an aromatic ring is 1. The van der Waals surface area contributed by atoms with Gasteiger partial charge in [0.1, 0.15) is 5.75 Å². The topological polar surface area (TPSA) is 60.2 Å². The van der Waals surface area contributed by atoms with E-state index in [0.29, 0.717) is 0 Å². The Morgan fingerprint density at radius 2 is 2.17 bits per heavy atom. The Labute approximate surface area is 111 Å². The smallest absolute Gasteiger partial charge is 0.132 e. The zero-order valence-corrected chi connectivity index (χ0v) is 10.9. The van der Waals surface area contributed by atoms with E-state index in [1.165, 1.54) is 0 Å². The Bertz CT molecular complexity index is 519. The molecule has 94 valence electrons. The highest BCUT2D eigenvalue weighted by Gasteiger charge is 2.03. The van der Waals surface area contributed by atoms with Gasteiger partial charge in [-0.15, -0.1) is 11.8 Å². The van der Waals surface area contributed by atoms with Crippen LogP contribution in [0.5, 0.6) is 5.75 Å². The van der Waals surface area contributed by atoms with Gasteiger partial charge in [-0.1, -0.05) is 12.1 Å². The molecule has 2 rings (SSSR count). The molecule has 0 atom stereocenters. The Hall–Kier alpha value is -1.72. The summed E-state index contributed by atoms with van der Waals surface area (Å²) in [6, 6.07) is 11.7. The molecule has 5 heteroatoms. The molecule has 0 aliphatic carbocycles. The standard InChI is InChI=1S/C13H15N3OS/c1-17-12-4-2-3-5-13(12)18-9-11-8-10(16-14)6-7-15-11/h2-8H,9,14H2,1H3,(H,15,16). The number of methoxy groups -OCH3 is 1. The molecule has 0 amide bonds. The van der Waals surface area contributed by atoms with Crippen LogP contribution in [0, 0.1) is 0 Å². The van der Waals surface area contributed by atoms with Gasteiger partial charge in [0.15, 0.2) is 0 Å². The molecule has 2 aromatic rings. The molecule has 3 N–H and O–H groups in total. The van der Waals surface area contributed by atoms with Crippen molar-refractivity contribution in [2.24, 2.45) is 5.84 Å². The lowest BCUT2D eigenvalue weighted by Crippen LogP contribution is -2.07. The zero-order valence-electron chi connectivity index (χ0n) is 10.1. The minimum absolute atomic E-state index is 0.774. The largest absolute Gasteiger partial charge is 0.496 e. The number of hydrogen-bond acceptors (Lipinski definition) is 5. The summed E-state index contributed by atoms with van der Waals surface area (Å²) < 4.78 is 5.31. The van der Waals surface area contributed by atoms with Crippen molar-refractivity contribution in [3.05, 3.63) is 48.3 Å². The normalized spacial score (nSPS) is 10.1. The maximum absolute atomic E-state index is 5.37. The van der Waals surface area contributed by atoms with Crippen molar-refractivity contribution in [1.82, 2.24) is 4.98 Å². The summed E-state index contributed by atoms with van der Waals surface area (Å²) in [4.78, 5) is 5.41. The molecule has 0 aliphatic rings. The van der Waals surface area contributed by atoms with E-state index in [2.05, 4.69) is 10.4 Å². The third-order valence-corrected chi connectivity index (χ3v) is 3.52. The van der Waals surface area contributed by atoms with Crippen LogP contribution in [-0.4, -0.2) is 12.1 Å². The van der Waals surface area contributed by atoms with Gasteiger partial charge in [0.05, 0.1) is 18.5 Å². The van der Waals surface area contributed by atoms with Crippen molar-refractivity contribution >= 4 is 17.4 Å². The first-order valence-electron chi connectivity index (χ1n) is 5.51. The Morgan fingerprint density at radius 3 is 2.94 bits per heavy atom. The molecule has 1 aromatic carbocycles. The van der Waals surface area contributed by atoms with Crippen LogP contribution in [0.4, 0.5) is 5.69 Å². The van der Waals surface area contributed by atoms with Gasteiger partial charge < -0.3 is 10.2 Å². The first kappa shape index (κ1) is 12.7. The molecule has 0 saturated carbocycles. The molecule has 0 spiro atoms. The lowest BCUT2D eigenvalue weighted by atomic mass is 10.3. The highest BCUT2D eigenvalue weighted by Crippen LogP contribution is 2.30. The number of nitrogens with two attached hydrogens (primary N) is 1. The predicted octanol–water partition coefficient (Wildman–Crippen LogP) is 2.67. The maximum atomic E-state index is 5.37. The van der Waals surface area contributed by atoms with Gasteiger partial charge >= 0.3 is 0 Å². The molecule has 18 heavy (non-hydrogen) atoms. The molecule has 1 aromatic heterocycles. The van der Waals surface area contributed by atoms with E-state index < -0.39 is 0 Å². The number of benzene rings is 1. The second-order valence-corrected chi connectivity index (χ2v) is 4.64. The van der Waals surface area contributed by atoms with Gasteiger partial charge in [-0.05, 0) is 24.3 Å². The first-order chi connectivity index (χ1) is 8.83. The van der Waals surface area contributed by atoms with Crippen LogP contribution in [-0.2, 0) is 5.75 Å². The van der Waals surface area contributed by atoms with Gasteiger partial charge in [-0.3, -0.25) is 10.8 Å². The van der Waals surface area contributed by atoms with E-state index in [-0.39, 0.29) is 0 Å². The van der Waals surface area contributed by atoms with Crippen molar-refractivity contribution in [2.45, 2.75) is 10.6 Å². The fourth-order valence-electron chi connectivity index (χ4n) is 1.54. The number of thioether (sulfide) groups is 1. The van der Waals surface area contributed by atoms with Gasteiger partial charge in [0.2, 0.25) is 0 Å². The van der Waals surface area contributed by atoms with Crippen LogP contribution < -0.4 is 16.0 Å². The van der Waals surface area contributed by atoms with E-state index >= 15 is 0 Å². The summed E-state index contributed by atoms with van der Waals surface area (Å²) in [7, 11) is 1.68. The number of hydrazine groups is 1. The summed E-state index contributed by atoms with van der Waals surface area (Å²) in [5.41, 5.74) is 4.45. The van der Waals surface area contributed by atoms with Crippen molar-refractivity contribution in [2.75, 3.05) is 12.5 Å². The first-order valence-corrected chi connectivity index (χ1v) is 6.49. The molecular formula is C13H15N3OS. The molecule has 0 bridgehead atoms. The van der Waals surface area contributed by atoms with Crippen LogP contribution in [0.1, 0.15) is 5.69 Å². The van der Waals surface area contributed by atoms with Gasteiger partial charge in [0.25, 0.3) is 0 Å². The van der Waals surface area contributed by atoms with Crippen LogP contribution in [0.15, 0.2) is 47.5 Å². The summed E-state index contributed by atoms with van der Waals surface area (Å²) >= 11 is 1.69. The molecule has 0 aliphatic heterocycles. The van der Waals surface area contributed by atoms with Crippen molar-refractivity contribution in [3.8, 4) is 5.75 Å². The average Bonchev–Trinajstić information content (AvgIpc) is 2.45. The van der Waals surface area contributed by atoms with Crippen LogP contribution in [0.25, 0.3) is 0 Å². The Balaban J connectivity index is 2.06. The van der Waals surface area contributed by atoms with E-state index in [1.807, 2.05) is 36.4 Å². The quantitative estimate of drug-likeness (QED) is 0.492. The maximum Gasteiger partial charge on any atom is 0.132 e. The second-order valence-electron chi connectivity index (χ2n) is 3.62. The SMILES string of the molecule is COc1ccccc1SCc1cc(NN)ccn1. The number of ether oxygens (including phenoxy) is 1. The Kier molecular flexibility index (Phi) is 4.44. The second kappa shape index (κ2) is 6.28. The lowest BCUT2D eigenvalue weighted by Gasteiger charge is -2.07. The van der Waals surface area contributed by atoms with Crippen molar-refractivity contribution in [3.63, 3.8) is 0 Å². The molecule has 1 heterocycles. The third-order valence-electron chi connectivity index (χ3n) is 2.43. The van der Waals surface area contributed by atoms with E-state index in [1.54, 1.807) is 25.1 Å². The fraction of sp³-hybridized carbons (Fsp3) is 0.154. The highest BCUT2D eigenvalue weighted by molar-refractivity contribution is 7.98. The molecule has 0 saturated heterocycles. The van der Waals surface area contributed by atoms with E-state index in [4.69, 9.17) is 10.6 Å².